The molecule has 0 spiro atoms. The number of pyridine rings is 1. The second-order valence-corrected chi connectivity index (χ2v) is 8.61. The van der Waals surface area contributed by atoms with Gasteiger partial charge in [0.1, 0.15) is 11.3 Å². The number of hydrogen-bond donors (Lipinski definition) is 1. The third-order valence-electron chi connectivity index (χ3n) is 5.05. The van der Waals surface area contributed by atoms with Gasteiger partial charge in [0.05, 0.1) is 18.3 Å². The number of halogens is 5. The molecule has 1 amide bonds. The van der Waals surface area contributed by atoms with Gasteiger partial charge >= 0.3 is 0 Å². The van der Waals surface area contributed by atoms with E-state index < -0.39 is 17.9 Å². The van der Waals surface area contributed by atoms with Gasteiger partial charge in [-0.2, -0.15) is 0 Å². The molecule has 0 radical (unpaired) electrons. The largest absolute Gasteiger partial charge is 0.452 e. The fourth-order valence-corrected chi connectivity index (χ4v) is 3.94. The van der Waals surface area contributed by atoms with E-state index in [1.54, 1.807) is 12.1 Å². The summed E-state index contributed by atoms with van der Waals surface area (Å²) in [5, 5.41) is 3.05. The Bertz CT molecular complexity index is 1170. The number of rotatable bonds is 7. The van der Waals surface area contributed by atoms with Crippen LogP contribution in [-0.2, 0) is 0 Å². The zero-order chi connectivity index (χ0) is 22.8. The molecule has 4 nitrogen and oxygen atoms in total. The molecule has 1 saturated carbocycles. The molecule has 2 aromatic carbocycles. The van der Waals surface area contributed by atoms with Crippen LogP contribution >= 0.6 is 34.8 Å². The van der Waals surface area contributed by atoms with Crippen molar-refractivity contribution in [2.75, 3.05) is 6.54 Å². The lowest BCUT2D eigenvalue weighted by Gasteiger charge is -2.15. The van der Waals surface area contributed by atoms with Crippen molar-refractivity contribution >= 4 is 40.7 Å². The van der Waals surface area contributed by atoms with Crippen molar-refractivity contribution in [3.8, 4) is 11.5 Å². The van der Waals surface area contributed by atoms with E-state index in [1.165, 1.54) is 36.5 Å². The Morgan fingerprint density at radius 2 is 1.94 bits per heavy atom. The highest BCUT2D eigenvalue weighted by Crippen LogP contribution is 2.43. The number of alkyl halides is 1. The molecule has 1 atom stereocenters. The van der Waals surface area contributed by atoms with Crippen LogP contribution in [0.1, 0.15) is 46.4 Å². The van der Waals surface area contributed by atoms with Gasteiger partial charge in [0.25, 0.3) is 5.91 Å². The van der Waals surface area contributed by atoms with E-state index >= 15 is 0 Å². The Balaban J connectivity index is 1.52. The van der Waals surface area contributed by atoms with Crippen LogP contribution in [0.3, 0.4) is 0 Å². The number of hydrogen-bond acceptors (Lipinski definition) is 3. The summed E-state index contributed by atoms with van der Waals surface area (Å²) < 4.78 is 35.1. The number of benzene rings is 2. The maximum Gasteiger partial charge on any atom is 0.255 e. The van der Waals surface area contributed by atoms with Crippen LogP contribution in [-0.4, -0.2) is 17.4 Å². The normalized spacial score (nSPS) is 14.2. The van der Waals surface area contributed by atoms with Crippen molar-refractivity contribution in [3.05, 3.63) is 86.4 Å². The molecular weight excluding hydrogens is 481 g/mol. The predicted molar refractivity (Wildman–Crippen MR) is 120 cm³/mol. The van der Waals surface area contributed by atoms with Gasteiger partial charge in [0.15, 0.2) is 17.3 Å². The van der Waals surface area contributed by atoms with Gasteiger partial charge in [0, 0.05) is 15.6 Å². The second kappa shape index (κ2) is 9.61. The van der Waals surface area contributed by atoms with E-state index in [9.17, 15) is 13.6 Å². The first kappa shape index (κ1) is 22.8. The smallest absolute Gasteiger partial charge is 0.255 e. The number of ether oxygens (including phenoxy) is 1. The van der Waals surface area contributed by atoms with Crippen LogP contribution in [0.5, 0.6) is 11.5 Å². The minimum absolute atomic E-state index is 0.00122. The SMILES string of the molecule is O=C(NCC(F)c1ccc(Cl)cc1Cl)c1cc(Cl)ncc1Oc1cccc(C2CC2)c1F. The van der Waals surface area contributed by atoms with Crippen molar-refractivity contribution in [3.63, 3.8) is 0 Å². The molecule has 1 N–H and O–H groups in total. The van der Waals surface area contributed by atoms with Crippen molar-refractivity contribution in [1.29, 1.82) is 0 Å². The minimum Gasteiger partial charge on any atom is -0.452 e. The van der Waals surface area contributed by atoms with E-state index in [0.717, 1.165) is 12.8 Å². The molecule has 1 aliphatic carbocycles. The maximum atomic E-state index is 14.8. The van der Waals surface area contributed by atoms with E-state index in [1.807, 2.05) is 0 Å². The van der Waals surface area contributed by atoms with Gasteiger partial charge in [-0.15, -0.1) is 0 Å². The maximum absolute atomic E-state index is 14.8. The summed E-state index contributed by atoms with van der Waals surface area (Å²) in [6, 6.07) is 10.5. The molecule has 3 aromatic rings. The molecule has 1 heterocycles. The van der Waals surface area contributed by atoms with Crippen LogP contribution < -0.4 is 10.1 Å². The van der Waals surface area contributed by atoms with E-state index in [4.69, 9.17) is 39.5 Å². The number of carbonyl (C=O) groups is 1. The summed E-state index contributed by atoms with van der Waals surface area (Å²) >= 11 is 17.8. The molecular formula is C23H17Cl3F2N2O2. The van der Waals surface area contributed by atoms with Gasteiger partial charge in [-0.1, -0.05) is 53.0 Å². The summed E-state index contributed by atoms with van der Waals surface area (Å²) in [6.45, 7) is -0.356. The average molecular weight is 498 g/mol. The quantitative estimate of drug-likeness (QED) is 0.349. The fourth-order valence-electron chi connectivity index (χ4n) is 3.25. The zero-order valence-electron chi connectivity index (χ0n) is 16.5. The molecule has 0 aliphatic heterocycles. The summed E-state index contributed by atoms with van der Waals surface area (Å²) in [6.07, 6.45) is 1.51. The van der Waals surface area contributed by atoms with Crippen molar-refractivity contribution in [1.82, 2.24) is 10.3 Å². The molecule has 9 heteroatoms. The summed E-state index contributed by atoms with van der Waals surface area (Å²) in [7, 11) is 0. The Labute approximate surface area is 198 Å². The highest BCUT2D eigenvalue weighted by atomic mass is 35.5. The first-order valence-corrected chi connectivity index (χ1v) is 11.0. The Kier molecular flexibility index (Phi) is 6.84. The number of carbonyl (C=O) groups excluding carboxylic acids is 1. The van der Waals surface area contributed by atoms with Crippen LogP contribution in [0.15, 0.2) is 48.7 Å². The van der Waals surface area contributed by atoms with Gasteiger partial charge in [-0.3, -0.25) is 4.79 Å². The third-order valence-corrected chi connectivity index (χ3v) is 5.82. The summed E-state index contributed by atoms with van der Waals surface area (Å²) in [4.78, 5) is 16.7. The van der Waals surface area contributed by atoms with Crippen LogP contribution in [0.4, 0.5) is 8.78 Å². The van der Waals surface area contributed by atoms with E-state index in [-0.39, 0.29) is 45.3 Å². The number of nitrogens with zero attached hydrogens (tertiary/aromatic N) is 1. The Morgan fingerprint density at radius 3 is 2.66 bits per heavy atom. The van der Waals surface area contributed by atoms with Crippen LogP contribution in [0.2, 0.25) is 15.2 Å². The van der Waals surface area contributed by atoms with Gasteiger partial charge in [-0.25, -0.2) is 13.8 Å². The molecule has 1 fully saturated rings. The number of nitrogens with one attached hydrogen (secondary N) is 1. The van der Waals surface area contributed by atoms with E-state index in [2.05, 4.69) is 10.3 Å². The molecule has 1 aliphatic rings. The van der Waals surface area contributed by atoms with Crippen LogP contribution in [0, 0.1) is 5.82 Å². The molecule has 4 rings (SSSR count). The Hall–Kier alpha value is -2.41. The second-order valence-electron chi connectivity index (χ2n) is 7.38. The lowest BCUT2D eigenvalue weighted by atomic mass is 10.1. The molecule has 0 bridgehead atoms. The standard InChI is InChI=1S/C23H17Cl3F2N2O2/c24-13-6-7-15(17(25)8-13)18(27)10-30-23(31)16-9-21(26)29-11-20(16)32-19-3-1-2-14(22(19)28)12-4-5-12/h1-3,6-9,11-12,18H,4-5,10H2,(H,30,31). The minimum atomic E-state index is -1.57. The van der Waals surface area contributed by atoms with Crippen molar-refractivity contribution in [2.45, 2.75) is 24.9 Å². The zero-order valence-corrected chi connectivity index (χ0v) is 18.8. The fraction of sp³-hybridized carbons (Fsp3) is 0.217. The highest BCUT2D eigenvalue weighted by Gasteiger charge is 2.28. The van der Waals surface area contributed by atoms with Gasteiger partial charge < -0.3 is 10.1 Å². The molecule has 32 heavy (non-hydrogen) atoms. The topological polar surface area (TPSA) is 51.2 Å². The first-order valence-electron chi connectivity index (χ1n) is 9.82. The third kappa shape index (κ3) is 5.14. The lowest BCUT2D eigenvalue weighted by molar-refractivity contribution is 0.0939. The molecule has 1 unspecified atom stereocenters. The monoisotopic (exact) mass is 496 g/mol. The van der Waals surface area contributed by atoms with Gasteiger partial charge in [-0.05, 0) is 48.6 Å². The molecule has 0 saturated heterocycles. The predicted octanol–water partition coefficient (Wildman–Crippen LogP) is 7.29. The average Bonchev–Trinajstić information content (AvgIpc) is 3.59. The molecule has 1 aromatic heterocycles. The van der Waals surface area contributed by atoms with E-state index in [0.29, 0.717) is 10.6 Å². The van der Waals surface area contributed by atoms with Crippen molar-refractivity contribution < 1.29 is 18.3 Å². The van der Waals surface area contributed by atoms with Crippen molar-refractivity contribution in [2.24, 2.45) is 0 Å². The Morgan fingerprint density at radius 1 is 1.16 bits per heavy atom. The van der Waals surface area contributed by atoms with Crippen LogP contribution in [0.25, 0.3) is 0 Å². The summed E-state index contributed by atoms with van der Waals surface area (Å²) in [5.74, 6) is -0.971. The number of aromatic nitrogens is 1. The number of amides is 1. The lowest BCUT2D eigenvalue weighted by Crippen LogP contribution is -2.27. The highest BCUT2D eigenvalue weighted by molar-refractivity contribution is 6.35. The molecule has 166 valence electrons. The first-order chi connectivity index (χ1) is 15.3. The van der Waals surface area contributed by atoms with Gasteiger partial charge in [0.2, 0.25) is 0 Å². The summed E-state index contributed by atoms with van der Waals surface area (Å²) in [5.41, 5.74) is 0.769.